The standard InChI is InChI=1S/C20H18F6N2O3/c1-3-28(11-17(29)27-15-5-4-6-16(10-15)31-2)18(30)12-7-13(19(21,22)23)9-14(8-12)20(24,25)26/h4-10H,3,11H2,1-2H3,(H,27,29). The van der Waals surface area contributed by atoms with Gasteiger partial charge in [0, 0.05) is 23.9 Å². The number of likely N-dealkylation sites (N-methyl/N-ethyl adjacent to an activating group) is 1. The number of alkyl halides is 6. The Kier molecular flexibility index (Phi) is 7.19. The normalized spacial score (nSPS) is 11.7. The van der Waals surface area contributed by atoms with Crippen LogP contribution in [0.15, 0.2) is 42.5 Å². The van der Waals surface area contributed by atoms with Gasteiger partial charge in [-0.2, -0.15) is 26.3 Å². The lowest BCUT2D eigenvalue weighted by Crippen LogP contribution is -2.38. The fourth-order valence-electron chi connectivity index (χ4n) is 2.66. The lowest BCUT2D eigenvalue weighted by atomic mass is 10.0. The molecule has 0 bridgehead atoms. The maximum absolute atomic E-state index is 13.0. The Morgan fingerprint density at radius 2 is 1.55 bits per heavy atom. The van der Waals surface area contributed by atoms with E-state index in [4.69, 9.17) is 4.74 Å². The summed E-state index contributed by atoms with van der Waals surface area (Å²) in [7, 11) is 1.42. The molecule has 0 aliphatic carbocycles. The van der Waals surface area contributed by atoms with Crippen molar-refractivity contribution in [3.05, 3.63) is 59.2 Å². The number of carbonyl (C=O) groups excluding carboxylic acids is 2. The van der Waals surface area contributed by atoms with Crippen LogP contribution in [0.4, 0.5) is 32.0 Å². The number of hydrogen-bond donors (Lipinski definition) is 1. The summed E-state index contributed by atoms with van der Waals surface area (Å²) in [5.41, 5.74) is -3.70. The van der Waals surface area contributed by atoms with Gasteiger partial charge in [-0.15, -0.1) is 0 Å². The fraction of sp³-hybridized carbons (Fsp3) is 0.300. The smallest absolute Gasteiger partial charge is 0.416 e. The Bertz CT molecular complexity index is 924. The first-order valence-corrected chi connectivity index (χ1v) is 8.87. The van der Waals surface area contributed by atoms with Crippen molar-refractivity contribution in [2.75, 3.05) is 25.5 Å². The monoisotopic (exact) mass is 448 g/mol. The molecule has 0 fully saturated rings. The SMILES string of the molecule is CCN(CC(=O)Nc1cccc(OC)c1)C(=O)c1cc(C(F)(F)F)cc(C(F)(F)F)c1. The van der Waals surface area contributed by atoms with Crippen molar-refractivity contribution in [2.45, 2.75) is 19.3 Å². The van der Waals surface area contributed by atoms with Crippen LogP contribution in [0.25, 0.3) is 0 Å². The summed E-state index contributed by atoms with van der Waals surface area (Å²) in [4.78, 5) is 25.7. The number of amides is 2. The number of nitrogens with zero attached hydrogens (tertiary/aromatic N) is 1. The molecule has 0 aliphatic rings. The maximum Gasteiger partial charge on any atom is 0.416 e. The minimum atomic E-state index is -5.09. The number of ether oxygens (including phenoxy) is 1. The molecule has 168 valence electrons. The summed E-state index contributed by atoms with van der Waals surface area (Å²) in [5.74, 6) is -1.38. The molecule has 0 aromatic heterocycles. The minimum Gasteiger partial charge on any atom is -0.497 e. The van der Waals surface area contributed by atoms with Crippen LogP contribution in [0.5, 0.6) is 5.75 Å². The molecule has 0 saturated heterocycles. The summed E-state index contributed by atoms with van der Waals surface area (Å²) >= 11 is 0. The highest BCUT2D eigenvalue weighted by Gasteiger charge is 2.38. The number of hydrogen-bond acceptors (Lipinski definition) is 3. The summed E-state index contributed by atoms with van der Waals surface area (Å²) in [6, 6.07) is 6.87. The molecule has 0 unspecified atom stereocenters. The molecule has 31 heavy (non-hydrogen) atoms. The highest BCUT2D eigenvalue weighted by molar-refractivity contribution is 5.99. The van der Waals surface area contributed by atoms with Gasteiger partial charge in [-0.25, -0.2) is 0 Å². The van der Waals surface area contributed by atoms with E-state index in [1.165, 1.54) is 20.1 Å². The summed E-state index contributed by atoms with van der Waals surface area (Å²) in [5, 5.41) is 2.49. The molecule has 0 spiro atoms. The first-order chi connectivity index (χ1) is 14.3. The summed E-state index contributed by atoms with van der Waals surface area (Å²) in [6.07, 6.45) is -10.2. The van der Waals surface area contributed by atoms with Crippen LogP contribution in [-0.4, -0.2) is 36.9 Å². The molecule has 2 amide bonds. The average molecular weight is 448 g/mol. The van der Waals surface area contributed by atoms with E-state index in [1.54, 1.807) is 18.2 Å². The number of anilines is 1. The third kappa shape index (κ3) is 6.37. The van der Waals surface area contributed by atoms with Crippen LogP contribution in [-0.2, 0) is 17.1 Å². The Morgan fingerprint density at radius 1 is 0.968 bits per heavy atom. The number of methoxy groups -OCH3 is 1. The van der Waals surface area contributed by atoms with Gasteiger partial charge in [0.25, 0.3) is 5.91 Å². The predicted octanol–water partition coefficient (Wildman–Crippen LogP) is 4.83. The first kappa shape index (κ1) is 24.0. The molecular weight excluding hydrogens is 430 g/mol. The van der Waals surface area contributed by atoms with E-state index in [-0.39, 0.29) is 12.6 Å². The largest absolute Gasteiger partial charge is 0.497 e. The van der Waals surface area contributed by atoms with Gasteiger partial charge in [0.2, 0.25) is 5.91 Å². The molecule has 1 N–H and O–H groups in total. The number of rotatable bonds is 6. The predicted molar refractivity (Wildman–Crippen MR) is 99.6 cm³/mol. The second-order valence-corrected chi connectivity index (χ2v) is 6.39. The van der Waals surface area contributed by atoms with E-state index in [1.807, 2.05) is 0 Å². The summed E-state index contributed by atoms with van der Waals surface area (Å²) < 4.78 is 83.2. The van der Waals surface area contributed by atoms with E-state index >= 15 is 0 Å². The highest BCUT2D eigenvalue weighted by atomic mass is 19.4. The van der Waals surface area contributed by atoms with Crippen LogP contribution >= 0.6 is 0 Å². The lowest BCUT2D eigenvalue weighted by molar-refractivity contribution is -0.143. The van der Waals surface area contributed by atoms with E-state index in [2.05, 4.69) is 5.32 Å². The van der Waals surface area contributed by atoms with Crippen LogP contribution in [0.1, 0.15) is 28.4 Å². The van der Waals surface area contributed by atoms with Crippen molar-refractivity contribution in [1.29, 1.82) is 0 Å². The van der Waals surface area contributed by atoms with Gasteiger partial charge < -0.3 is 15.0 Å². The van der Waals surface area contributed by atoms with E-state index < -0.39 is 47.4 Å². The topological polar surface area (TPSA) is 58.6 Å². The zero-order valence-electron chi connectivity index (χ0n) is 16.4. The first-order valence-electron chi connectivity index (χ1n) is 8.87. The Morgan fingerprint density at radius 3 is 2.03 bits per heavy atom. The summed E-state index contributed by atoms with van der Waals surface area (Å²) in [6.45, 7) is 0.737. The molecule has 0 aliphatic heterocycles. The van der Waals surface area contributed by atoms with E-state index in [9.17, 15) is 35.9 Å². The molecular formula is C20H18F6N2O3. The van der Waals surface area contributed by atoms with Gasteiger partial charge in [0.05, 0.1) is 18.2 Å². The molecule has 5 nitrogen and oxygen atoms in total. The van der Waals surface area contributed by atoms with Crippen molar-refractivity contribution < 1.29 is 40.7 Å². The Balaban J connectivity index is 2.27. The van der Waals surface area contributed by atoms with Gasteiger partial charge in [0.1, 0.15) is 12.3 Å². The molecule has 0 radical (unpaired) electrons. The Hall–Kier alpha value is -3.24. The lowest BCUT2D eigenvalue weighted by Gasteiger charge is -2.22. The van der Waals surface area contributed by atoms with Crippen LogP contribution < -0.4 is 10.1 Å². The van der Waals surface area contributed by atoms with Gasteiger partial charge in [-0.3, -0.25) is 9.59 Å². The molecule has 0 saturated carbocycles. The van der Waals surface area contributed by atoms with Gasteiger partial charge in [0.15, 0.2) is 0 Å². The zero-order valence-corrected chi connectivity index (χ0v) is 16.4. The number of halogens is 6. The molecule has 2 aromatic carbocycles. The maximum atomic E-state index is 13.0. The highest BCUT2D eigenvalue weighted by Crippen LogP contribution is 2.36. The fourth-order valence-corrected chi connectivity index (χ4v) is 2.66. The number of benzene rings is 2. The average Bonchev–Trinajstić information content (AvgIpc) is 2.70. The molecule has 0 heterocycles. The van der Waals surface area contributed by atoms with Crippen molar-refractivity contribution in [3.63, 3.8) is 0 Å². The third-order valence-electron chi connectivity index (χ3n) is 4.19. The van der Waals surface area contributed by atoms with Gasteiger partial charge >= 0.3 is 12.4 Å². The van der Waals surface area contributed by atoms with Gasteiger partial charge in [-0.05, 0) is 37.3 Å². The van der Waals surface area contributed by atoms with Crippen LogP contribution in [0, 0.1) is 0 Å². The number of carbonyl (C=O) groups is 2. The Labute approximate surface area is 173 Å². The number of nitrogens with one attached hydrogen (secondary N) is 1. The molecule has 0 atom stereocenters. The van der Waals surface area contributed by atoms with Gasteiger partial charge in [-0.1, -0.05) is 6.07 Å². The van der Waals surface area contributed by atoms with E-state index in [0.717, 1.165) is 4.90 Å². The second kappa shape index (κ2) is 9.27. The van der Waals surface area contributed by atoms with E-state index in [0.29, 0.717) is 23.6 Å². The van der Waals surface area contributed by atoms with Crippen molar-refractivity contribution in [3.8, 4) is 5.75 Å². The van der Waals surface area contributed by atoms with Crippen LogP contribution in [0.2, 0.25) is 0 Å². The van der Waals surface area contributed by atoms with Crippen LogP contribution in [0.3, 0.4) is 0 Å². The van der Waals surface area contributed by atoms with Crippen molar-refractivity contribution >= 4 is 17.5 Å². The van der Waals surface area contributed by atoms with Crippen molar-refractivity contribution in [1.82, 2.24) is 4.90 Å². The quantitative estimate of drug-likeness (QED) is 0.644. The minimum absolute atomic E-state index is 0.0669. The third-order valence-corrected chi connectivity index (χ3v) is 4.19. The molecule has 2 rings (SSSR count). The second-order valence-electron chi connectivity index (χ2n) is 6.39. The molecule has 2 aromatic rings. The van der Waals surface area contributed by atoms with Crippen molar-refractivity contribution in [2.24, 2.45) is 0 Å². The molecule has 11 heteroatoms. The zero-order chi connectivity index (χ0) is 23.4.